The van der Waals surface area contributed by atoms with Crippen LogP contribution in [-0.2, 0) is 19.2 Å². The molecule has 0 aliphatic heterocycles. The SMILES string of the molecule is O=[C](O)[Re]. The van der Waals surface area contributed by atoms with Crippen molar-refractivity contribution in [3.8, 4) is 0 Å². The molecule has 0 aromatic carbocycles. The van der Waals surface area contributed by atoms with Gasteiger partial charge in [-0.2, -0.15) is 0 Å². The predicted octanol–water partition coefficient (Wildman–Crippen LogP) is 0.211. The molecule has 0 fully saturated rings. The fourth-order valence-electron chi connectivity index (χ4n) is 0. The first-order chi connectivity index (χ1) is 1.73. The Morgan fingerprint density at radius 1 is 2.00 bits per heavy atom. The van der Waals surface area contributed by atoms with E-state index in [9.17, 15) is 0 Å². The summed E-state index contributed by atoms with van der Waals surface area (Å²) in [7, 11) is 0. The number of rotatable bonds is 0. The first kappa shape index (κ1) is 4.13. The second-order valence-electron chi connectivity index (χ2n) is 0.253. The van der Waals surface area contributed by atoms with Crippen LogP contribution in [0.15, 0.2) is 0 Å². The van der Waals surface area contributed by atoms with Crippen molar-refractivity contribution in [3.63, 3.8) is 0 Å². The van der Waals surface area contributed by atoms with Crippen molar-refractivity contribution in [2.75, 3.05) is 0 Å². The number of hydrogen-bond donors (Lipinski definition) is 1. The van der Waals surface area contributed by atoms with Crippen LogP contribution < -0.4 is 0 Å². The molecule has 0 aromatic heterocycles. The molecule has 2 nitrogen and oxygen atoms in total. The topological polar surface area (TPSA) is 37.3 Å². The van der Waals surface area contributed by atoms with Gasteiger partial charge in [-0.1, -0.05) is 0 Å². The van der Waals surface area contributed by atoms with Gasteiger partial charge in [0.15, 0.2) is 0 Å². The zero-order valence-corrected chi connectivity index (χ0v) is 4.45. The average molecular weight is 231 g/mol. The van der Waals surface area contributed by atoms with Crippen LogP contribution in [0, 0.1) is 0 Å². The first-order valence-electron chi connectivity index (χ1n) is 0.617. The molecule has 0 heterocycles. The Hall–Kier alpha value is 0.132. The van der Waals surface area contributed by atoms with Crippen molar-refractivity contribution < 1.29 is 29.1 Å². The van der Waals surface area contributed by atoms with Gasteiger partial charge in [-0.15, -0.1) is 0 Å². The number of carbonyl (C=O) groups is 1. The van der Waals surface area contributed by atoms with Gasteiger partial charge in [-0.3, -0.25) is 0 Å². The van der Waals surface area contributed by atoms with Gasteiger partial charge in [0.05, 0.1) is 0 Å². The standard InChI is InChI=1S/CHO2.Re/c2-1-3;/h(H,2,3);. The molecule has 0 amide bonds. The summed E-state index contributed by atoms with van der Waals surface area (Å²) in [5.41, 5.74) is 0. The third kappa shape index (κ3) is 156. The minimum atomic E-state index is -0.778. The molecule has 0 atom stereocenters. The van der Waals surface area contributed by atoms with Crippen molar-refractivity contribution >= 4 is 4.44 Å². The molecule has 0 saturated carbocycles. The molecule has 0 bridgehead atoms. The molecule has 1 N–H and O–H groups in total. The van der Waals surface area contributed by atoms with E-state index < -0.39 is 4.44 Å². The summed E-state index contributed by atoms with van der Waals surface area (Å²) >= 11 is 0.756. The quantitative estimate of drug-likeness (QED) is 0.647. The summed E-state index contributed by atoms with van der Waals surface area (Å²) < 4.78 is -0.778. The van der Waals surface area contributed by atoms with Crippen molar-refractivity contribution in [1.29, 1.82) is 0 Å². The monoisotopic (exact) mass is 232 g/mol. The Morgan fingerprint density at radius 3 is 2.00 bits per heavy atom. The van der Waals surface area contributed by atoms with Crippen molar-refractivity contribution in [2.45, 2.75) is 0 Å². The maximum atomic E-state index is 9.02. The third-order valence-corrected chi connectivity index (χ3v) is 0. The summed E-state index contributed by atoms with van der Waals surface area (Å²) in [5, 5.41) is 7.44. The fourth-order valence-corrected chi connectivity index (χ4v) is 0. The molecule has 0 aliphatic rings. The van der Waals surface area contributed by atoms with Gasteiger partial charge in [0.25, 0.3) is 0 Å². The van der Waals surface area contributed by atoms with Crippen molar-refractivity contribution in [2.24, 2.45) is 0 Å². The molecule has 0 radical (unpaired) electrons. The van der Waals surface area contributed by atoms with Gasteiger partial charge in [0, 0.05) is 0 Å². The maximum absolute atomic E-state index is 9.02. The third-order valence-electron chi connectivity index (χ3n) is 0. The van der Waals surface area contributed by atoms with Crippen LogP contribution in [0.1, 0.15) is 0 Å². The van der Waals surface area contributed by atoms with E-state index in [0.29, 0.717) is 0 Å². The second kappa shape index (κ2) is 1.45. The Bertz CT molecular complexity index is 29.0. The van der Waals surface area contributed by atoms with Crippen molar-refractivity contribution in [3.05, 3.63) is 0 Å². The van der Waals surface area contributed by atoms with Crippen LogP contribution in [0.2, 0.25) is 0 Å². The van der Waals surface area contributed by atoms with Crippen LogP contribution >= 0.6 is 0 Å². The second-order valence-corrected chi connectivity index (χ2v) is 1.41. The molecular weight excluding hydrogens is 230 g/mol. The van der Waals surface area contributed by atoms with Crippen LogP contribution in [0.4, 0.5) is 4.79 Å². The van der Waals surface area contributed by atoms with E-state index in [0.717, 1.165) is 19.2 Å². The van der Waals surface area contributed by atoms with E-state index in [1.165, 1.54) is 0 Å². The van der Waals surface area contributed by atoms with E-state index in [1.54, 1.807) is 0 Å². The molecule has 0 unspecified atom stereocenters. The van der Waals surface area contributed by atoms with Gasteiger partial charge >= 0.3 is 33.5 Å². The Labute approximate surface area is 34.2 Å². The molecule has 3 heteroatoms. The molecule has 0 aromatic rings. The van der Waals surface area contributed by atoms with Crippen molar-refractivity contribution in [1.82, 2.24) is 0 Å². The Morgan fingerprint density at radius 2 is 2.00 bits per heavy atom. The summed E-state index contributed by atoms with van der Waals surface area (Å²) in [6.07, 6.45) is 0. The Kier molecular flexibility index (Phi) is 1.50. The van der Waals surface area contributed by atoms with E-state index in [4.69, 9.17) is 9.90 Å². The van der Waals surface area contributed by atoms with E-state index >= 15 is 0 Å². The molecule has 0 spiro atoms. The molecule has 0 saturated heterocycles. The van der Waals surface area contributed by atoms with Crippen LogP contribution in [0.3, 0.4) is 0 Å². The zero-order chi connectivity index (χ0) is 3.58. The molecule has 4 heavy (non-hydrogen) atoms. The predicted molar refractivity (Wildman–Crippen MR) is 8.02 cm³/mol. The molecular formula is CHO2Re. The average Bonchev–Trinajstić information content (AvgIpc) is 0.811. The van der Waals surface area contributed by atoms with E-state index in [2.05, 4.69) is 0 Å². The van der Waals surface area contributed by atoms with E-state index in [1.807, 2.05) is 0 Å². The fraction of sp³-hybridized carbons (Fsp3) is 0. The van der Waals surface area contributed by atoms with Gasteiger partial charge in [-0.25, -0.2) is 0 Å². The van der Waals surface area contributed by atoms with Gasteiger partial charge in [-0.05, 0) is 0 Å². The van der Waals surface area contributed by atoms with Crippen LogP contribution in [-0.4, -0.2) is 9.55 Å². The normalized spacial score (nSPS) is 6.25. The van der Waals surface area contributed by atoms with Gasteiger partial charge in [0.1, 0.15) is 0 Å². The van der Waals surface area contributed by atoms with Crippen LogP contribution in [0.5, 0.6) is 0 Å². The summed E-state index contributed by atoms with van der Waals surface area (Å²) in [6, 6.07) is 0. The minimum absolute atomic E-state index is 0.756. The van der Waals surface area contributed by atoms with E-state index in [-0.39, 0.29) is 0 Å². The first-order valence-corrected chi connectivity index (χ1v) is 1.97. The summed E-state index contributed by atoms with van der Waals surface area (Å²) in [4.78, 5) is 9.02. The summed E-state index contributed by atoms with van der Waals surface area (Å²) in [6.45, 7) is 0. The number of carboxylic acid groups (broad SMARTS) is 1. The molecule has 0 rings (SSSR count). The van der Waals surface area contributed by atoms with Gasteiger partial charge < -0.3 is 0 Å². The number of hydrogen-bond acceptors (Lipinski definition) is 1. The van der Waals surface area contributed by atoms with Gasteiger partial charge in [0.2, 0.25) is 0 Å². The Balaban J connectivity index is 2.80. The molecule has 0 aliphatic carbocycles. The zero-order valence-electron chi connectivity index (χ0n) is 1.73. The molecule has 24 valence electrons. The summed E-state index contributed by atoms with van der Waals surface area (Å²) in [5.74, 6) is 0. The van der Waals surface area contributed by atoms with Crippen LogP contribution in [0.25, 0.3) is 0 Å².